The van der Waals surface area contributed by atoms with Crippen molar-refractivity contribution in [3.63, 3.8) is 0 Å². The molecule has 2 heteroatoms. The number of amides is 1. The van der Waals surface area contributed by atoms with E-state index in [0.29, 0.717) is 12.3 Å². The van der Waals surface area contributed by atoms with E-state index in [1.54, 1.807) is 4.90 Å². The predicted molar refractivity (Wildman–Crippen MR) is 112 cm³/mol. The van der Waals surface area contributed by atoms with Gasteiger partial charge in [-0.1, -0.05) is 117 Å². The maximum Gasteiger partial charge on any atom is 0.222 e. The van der Waals surface area contributed by atoms with Crippen molar-refractivity contribution in [1.82, 2.24) is 4.90 Å². The molecular weight excluding hydrogens is 306 g/mol. The first-order valence-electron chi connectivity index (χ1n) is 11.3. The van der Waals surface area contributed by atoms with Crippen molar-refractivity contribution in [3.8, 4) is 0 Å². The molecule has 2 nitrogen and oxygen atoms in total. The second kappa shape index (κ2) is 18.3. The van der Waals surface area contributed by atoms with Gasteiger partial charge < -0.3 is 4.90 Å². The Balaban J connectivity index is 3.17. The molecule has 0 aliphatic rings. The Morgan fingerprint density at radius 2 is 1.04 bits per heavy atom. The Hall–Kier alpha value is -0.530. The summed E-state index contributed by atoms with van der Waals surface area (Å²) in [6, 6.07) is 0. The Morgan fingerprint density at radius 3 is 1.40 bits per heavy atom. The van der Waals surface area contributed by atoms with Crippen LogP contribution in [0.2, 0.25) is 0 Å². The van der Waals surface area contributed by atoms with Gasteiger partial charge >= 0.3 is 0 Å². The molecule has 25 heavy (non-hydrogen) atoms. The number of hydrogen-bond acceptors (Lipinski definition) is 1. The van der Waals surface area contributed by atoms with Crippen molar-refractivity contribution in [2.75, 3.05) is 14.1 Å². The van der Waals surface area contributed by atoms with Crippen LogP contribution in [0, 0.1) is 5.92 Å². The van der Waals surface area contributed by atoms with E-state index < -0.39 is 0 Å². The Bertz CT molecular complexity index is 288. The average molecular weight is 354 g/mol. The topological polar surface area (TPSA) is 20.3 Å². The summed E-state index contributed by atoms with van der Waals surface area (Å²) in [6.07, 6.45) is 23.1. The number of nitrogens with zero attached hydrogens (tertiary/aromatic N) is 1. The highest BCUT2D eigenvalue weighted by molar-refractivity contribution is 5.75. The van der Waals surface area contributed by atoms with E-state index in [1.165, 1.54) is 103 Å². The number of carbonyl (C=O) groups is 1. The monoisotopic (exact) mass is 353 g/mol. The lowest BCUT2D eigenvalue weighted by Gasteiger charge is -2.14. The van der Waals surface area contributed by atoms with Gasteiger partial charge in [0.25, 0.3) is 0 Å². The van der Waals surface area contributed by atoms with Crippen LogP contribution < -0.4 is 0 Å². The van der Waals surface area contributed by atoms with E-state index in [-0.39, 0.29) is 5.91 Å². The summed E-state index contributed by atoms with van der Waals surface area (Å²) in [5, 5.41) is 0. The SMILES string of the molecule is CCCCCCCCCCCCCCCCCC(C)CC(=O)N(C)C. The quantitative estimate of drug-likeness (QED) is 0.236. The van der Waals surface area contributed by atoms with Gasteiger partial charge in [0.05, 0.1) is 0 Å². The van der Waals surface area contributed by atoms with Crippen LogP contribution in [-0.4, -0.2) is 24.9 Å². The van der Waals surface area contributed by atoms with E-state index >= 15 is 0 Å². The van der Waals surface area contributed by atoms with Gasteiger partial charge in [-0.2, -0.15) is 0 Å². The van der Waals surface area contributed by atoms with Gasteiger partial charge in [0, 0.05) is 20.5 Å². The fourth-order valence-electron chi connectivity index (χ4n) is 3.45. The van der Waals surface area contributed by atoms with Gasteiger partial charge in [-0.3, -0.25) is 4.79 Å². The van der Waals surface area contributed by atoms with Gasteiger partial charge in [0.1, 0.15) is 0 Å². The molecule has 0 radical (unpaired) electrons. The van der Waals surface area contributed by atoms with E-state index in [2.05, 4.69) is 13.8 Å². The third-order valence-electron chi connectivity index (χ3n) is 5.32. The van der Waals surface area contributed by atoms with E-state index in [1.807, 2.05) is 14.1 Å². The minimum absolute atomic E-state index is 0.272. The molecule has 1 amide bonds. The van der Waals surface area contributed by atoms with Crippen LogP contribution in [0.5, 0.6) is 0 Å². The van der Waals surface area contributed by atoms with Crippen LogP contribution in [0.4, 0.5) is 0 Å². The molecule has 0 heterocycles. The molecule has 0 fully saturated rings. The summed E-state index contributed by atoms with van der Waals surface area (Å²) in [7, 11) is 3.70. The summed E-state index contributed by atoms with van der Waals surface area (Å²) in [4.78, 5) is 13.4. The minimum Gasteiger partial charge on any atom is -0.349 e. The maximum absolute atomic E-state index is 11.6. The standard InChI is InChI=1S/C23H47NO/c1-5-6-7-8-9-10-11-12-13-14-15-16-17-18-19-20-22(2)21-23(25)24(3)4/h22H,5-21H2,1-4H3. The molecule has 150 valence electrons. The molecule has 0 spiro atoms. The van der Waals surface area contributed by atoms with Crippen LogP contribution in [0.25, 0.3) is 0 Å². The zero-order chi connectivity index (χ0) is 18.8. The fourth-order valence-corrected chi connectivity index (χ4v) is 3.45. The first-order chi connectivity index (χ1) is 12.1. The van der Waals surface area contributed by atoms with Gasteiger partial charge in [0.2, 0.25) is 5.91 Å². The molecular formula is C23H47NO. The molecule has 0 aromatic carbocycles. The highest BCUT2D eigenvalue weighted by Gasteiger charge is 2.10. The number of unbranched alkanes of at least 4 members (excludes halogenated alkanes) is 14. The molecule has 0 aliphatic carbocycles. The van der Waals surface area contributed by atoms with Crippen molar-refractivity contribution in [1.29, 1.82) is 0 Å². The number of carbonyl (C=O) groups excluding carboxylic acids is 1. The minimum atomic E-state index is 0.272. The summed E-state index contributed by atoms with van der Waals surface area (Å²) in [6.45, 7) is 4.50. The third-order valence-corrected chi connectivity index (χ3v) is 5.32. The summed E-state index contributed by atoms with van der Waals surface area (Å²) in [5.41, 5.74) is 0. The smallest absolute Gasteiger partial charge is 0.222 e. The highest BCUT2D eigenvalue weighted by atomic mass is 16.2. The van der Waals surface area contributed by atoms with E-state index in [0.717, 1.165) is 0 Å². The van der Waals surface area contributed by atoms with Gasteiger partial charge in [-0.25, -0.2) is 0 Å². The van der Waals surface area contributed by atoms with Crippen LogP contribution >= 0.6 is 0 Å². The van der Waals surface area contributed by atoms with Crippen LogP contribution in [0.15, 0.2) is 0 Å². The summed E-state index contributed by atoms with van der Waals surface area (Å²) >= 11 is 0. The van der Waals surface area contributed by atoms with Crippen molar-refractivity contribution in [3.05, 3.63) is 0 Å². The number of hydrogen-bond donors (Lipinski definition) is 0. The molecule has 1 unspecified atom stereocenters. The molecule has 0 rings (SSSR count). The average Bonchev–Trinajstić information content (AvgIpc) is 2.58. The lowest BCUT2D eigenvalue weighted by atomic mass is 9.98. The Morgan fingerprint density at radius 1 is 0.680 bits per heavy atom. The molecule has 0 aromatic heterocycles. The predicted octanol–water partition coefficient (Wildman–Crippen LogP) is 7.36. The fraction of sp³-hybridized carbons (Fsp3) is 0.957. The van der Waals surface area contributed by atoms with E-state index in [4.69, 9.17) is 0 Å². The lowest BCUT2D eigenvalue weighted by molar-refractivity contribution is -0.129. The Labute approximate surface area is 159 Å². The second-order valence-electron chi connectivity index (χ2n) is 8.34. The number of rotatable bonds is 18. The normalized spacial score (nSPS) is 12.3. The van der Waals surface area contributed by atoms with Crippen molar-refractivity contribution in [2.45, 2.75) is 123 Å². The zero-order valence-corrected chi connectivity index (χ0v) is 18.0. The van der Waals surface area contributed by atoms with Crippen LogP contribution in [0.3, 0.4) is 0 Å². The molecule has 0 saturated heterocycles. The van der Waals surface area contributed by atoms with Gasteiger partial charge in [-0.05, 0) is 5.92 Å². The first kappa shape index (κ1) is 24.5. The highest BCUT2D eigenvalue weighted by Crippen LogP contribution is 2.16. The molecule has 0 aromatic rings. The second-order valence-corrected chi connectivity index (χ2v) is 8.34. The van der Waals surface area contributed by atoms with Crippen molar-refractivity contribution < 1.29 is 4.79 Å². The van der Waals surface area contributed by atoms with Crippen molar-refractivity contribution in [2.24, 2.45) is 5.92 Å². The third kappa shape index (κ3) is 18.1. The molecule has 1 atom stereocenters. The first-order valence-corrected chi connectivity index (χ1v) is 11.3. The zero-order valence-electron chi connectivity index (χ0n) is 18.0. The summed E-state index contributed by atoms with van der Waals surface area (Å²) < 4.78 is 0. The molecule has 0 bridgehead atoms. The van der Waals surface area contributed by atoms with Crippen molar-refractivity contribution >= 4 is 5.91 Å². The summed E-state index contributed by atoms with van der Waals surface area (Å²) in [5.74, 6) is 0.810. The largest absolute Gasteiger partial charge is 0.349 e. The molecule has 0 aliphatic heterocycles. The van der Waals surface area contributed by atoms with E-state index in [9.17, 15) is 4.79 Å². The molecule has 0 saturated carbocycles. The lowest BCUT2D eigenvalue weighted by Crippen LogP contribution is -2.23. The molecule has 0 N–H and O–H groups in total. The van der Waals surface area contributed by atoms with Crippen LogP contribution in [-0.2, 0) is 4.79 Å². The van der Waals surface area contributed by atoms with Gasteiger partial charge in [0.15, 0.2) is 0 Å². The van der Waals surface area contributed by atoms with Gasteiger partial charge in [-0.15, -0.1) is 0 Å². The maximum atomic E-state index is 11.6. The Kier molecular flexibility index (Phi) is 17.9. The van der Waals surface area contributed by atoms with Crippen LogP contribution in [0.1, 0.15) is 123 Å².